The van der Waals surface area contributed by atoms with Gasteiger partial charge in [0.05, 0.1) is 0 Å². The van der Waals surface area contributed by atoms with E-state index in [1.807, 2.05) is 25.0 Å². The average molecular weight is 209 g/mol. The first-order chi connectivity index (χ1) is 7.27. The van der Waals surface area contributed by atoms with E-state index in [0.29, 0.717) is 0 Å². The van der Waals surface area contributed by atoms with Crippen LogP contribution in [0.3, 0.4) is 0 Å². The molecular formula is C12H23N3. The molecule has 0 saturated heterocycles. The van der Waals surface area contributed by atoms with Crippen LogP contribution >= 0.6 is 0 Å². The molecule has 0 aliphatic carbocycles. The first-order valence-electron chi connectivity index (χ1n) is 5.89. The molecule has 0 radical (unpaired) electrons. The van der Waals surface area contributed by atoms with E-state index in [1.54, 1.807) is 0 Å². The Morgan fingerprint density at radius 2 is 2.27 bits per heavy atom. The summed E-state index contributed by atoms with van der Waals surface area (Å²) in [6.07, 6.45) is 6.87. The third-order valence-electron chi connectivity index (χ3n) is 2.92. The minimum atomic E-state index is 0.801. The molecule has 1 atom stereocenters. The zero-order chi connectivity index (χ0) is 11.1. The third-order valence-corrected chi connectivity index (χ3v) is 2.92. The van der Waals surface area contributed by atoms with Crippen LogP contribution in [-0.4, -0.2) is 23.4 Å². The van der Waals surface area contributed by atoms with Crippen LogP contribution in [0.15, 0.2) is 12.3 Å². The maximum atomic E-state index is 4.19. The molecule has 0 aromatic carbocycles. The molecule has 1 heterocycles. The first kappa shape index (κ1) is 12.2. The average Bonchev–Trinajstić information content (AvgIpc) is 2.61. The van der Waals surface area contributed by atoms with Crippen molar-refractivity contribution in [1.29, 1.82) is 0 Å². The Morgan fingerprint density at radius 3 is 2.80 bits per heavy atom. The lowest BCUT2D eigenvalue weighted by molar-refractivity contribution is 0.423. The first-order valence-corrected chi connectivity index (χ1v) is 5.89. The van der Waals surface area contributed by atoms with Crippen molar-refractivity contribution >= 4 is 0 Å². The van der Waals surface area contributed by atoms with Crippen molar-refractivity contribution in [2.24, 2.45) is 13.0 Å². The van der Waals surface area contributed by atoms with Crippen molar-refractivity contribution in [1.82, 2.24) is 15.1 Å². The summed E-state index contributed by atoms with van der Waals surface area (Å²) in [5.74, 6) is 0.801. The van der Waals surface area contributed by atoms with Crippen LogP contribution in [0, 0.1) is 5.92 Å². The number of aromatic nitrogens is 2. The van der Waals surface area contributed by atoms with Gasteiger partial charge in [-0.05, 0) is 44.8 Å². The summed E-state index contributed by atoms with van der Waals surface area (Å²) in [4.78, 5) is 0. The Bertz CT molecular complexity index is 262. The van der Waals surface area contributed by atoms with Crippen LogP contribution < -0.4 is 5.32 Å². The lowest BCUT2D eigenvalue weighted by atomic mass is 9.97. The molecule has 0 bridgehead atoms. The highest BCUT2D eigenvalue weighted by Gasteiger charge is 2.08. The van der Waals surface area contributed by atoms with Crippen LogP contribution in [0.5, 0.6) is 0 Å². The molecule has 3 heteroatoms. The molecule has 0 amide bonds. The number of nitrogens with one attached hydrogen (secondary N) is 1. The highest BCUT2D eigenvalue weighted by Crippen LogP contribution is 2.13. The maximum absolute atomic E-state index is 4.19. The zero-order valence-corrected chi connectivity index (χ0v) is 10.2. The van der Waals surface area contributed by atoms with Gasteiger partial charge in [-0.15, -0.1) is 0 Å². The Hall–Kier alpha value is -0.830. The van der Waals surface area contributed by atoms with E-state index in [4.69, 9.17) is 0 Å². The quantitative estimate of drug-likeness (QED) is 0.744. The maximum Gasteiger partial charge on any atom is 0.0492 e. The summed E-state index contributed by atoms with van der Waals surface area (Å²) < 4.78 is 1.97. The van der Waals surface area contributed by atoms with E-state index < -0.39 is 0 Å². The van der Waals surface area contributed by atoms with Crippen LogP contribution in [0.25, 0.3) is 0 Å². The van der Waals surface area contributed by atoms with Gasteiger partial charge in [-0.1, -0.05) is 13.3 Å². The highest BCUT2D eigenvalue weighted by atomic mass is 15.2. The van der Waals surface area contributed by atoms with Crippen LogP contribution in [-0.2, 0) is 13.5 Å². The Balaban J connectivity index is 2.36. The molecule has 3 nitrogen and oxygen atoms in total. The van der Waals surface area contributed by atoms with E-state index in [-0.39, 0.29) is 0 Å². The second-order valence-corrected chi connectivity index (χ2v) is 4.20. The molecule has 0 fully saturated rings. The van der Waals surface area contributed by atoms with E-state index in [9.17, 15) is 0 Å². The van der Waals surface area contributed by atoms with Crippen LogP contribution in [0.2, 0.25) is 0 Å². The number of hydrogen-bond acceptors (Lipinski definition) is 2. The fraction of sp³-hybridized carbons (Fsp3) is 0.750. The largest absolute Gasteiger partial charge is 0.319 e. The number of nitrogens with zero attached hydrogens (tertiary/aromatic N) is 2. The molecule has 86 valence electrons. The minimum absolute atomic E-state index is 0.801. The van der Waals surface area contributed by atoms with Crippen molar-refractivity contribution in [3.05, 3.63) is 18.0 Å². The lowest BCUT2D eigenvalue weighted by Gasteiger charge is -2.15. The molecule has 0 aliphatic rings. The molecular weight excluding hydrogens is 186 g/mol. The van der Waals surface area contributed by atoms with Crippen molar-refractivity contribution in [2.75, 3.05) is 13.6 Å². The molecule has 0 aliphatic heterocycles. The van der Waals surface area contributed by atoms with Gasteiger partial charge in [-0.25, -0.2) is 0 Å². The molecule has 15 heavy (non-hydrogen) atoms. The molecule has 1 aromatic rings. The zero-order valence-electron chi connectivity index (χ0n) is 10.2. The topological polar surface area (TPSA) is 29.9 Å². The highest BCUT2D eigenvalue weighted by molar-refractivity contribution is 5.00. The molecule has 1 unspecified atom stereocenters. The van der Waals surface area contributed by atoms with E-state index in [1.165, 1.54) is 25.0 Å². The molecule has 1 aromatic heterocycles. The van der Waals surface area contributed by atoms with Gasteiger partial charge in [0.2, 0.25) is 0 Å². The minimum Gasteiger partial charge on any atom is -0.319 e. The fourth-order valence-corrected chi connectivity index (χ4v) is 2.04. The summed E-state index contributed by atoms with van der Waals surface area (Å²) >= 11 is 0. The third kappa shape index (κ3) is 4.04. The smallest absolute Gasteiger partial charge is 0.0492 e. The van der Waals surface area contributed by atoms with E-state index >= 15 is 0 Å². The summed E-state index contributed by atoms with van der Waals surface area (Å²) in [5.41, 5.74) is 1.34. The van der Waals surface area contributed by atoms with Crippen molar-refractivity contribution in [3.63, 3.8) is 0 Å². The summed E-state index contributed by atoms with van der Waals surface area (Å²) in [6.45, 7) is 3.39. The fourth-order valence-electron chi connectivity index (χ4n) is 2.04. The van der Waals surface area contributed by atoms with Gasteiger partial charge in [0.25, 0.3) is 0 Å². The van der Waals surface area contributed by atoms with Gasteiger partial charge >= 0.3 is 0 Å². The SMILES string of the molecule is CCCC(CCc1ccnn1C)CNC. The van der Waals surface area contributed by atoms with E-state index in [2.05, 4.69) is 23.4 Å². The number of aryl methyl sites for hydroxylation is 2. The summed E-state index contributed by atoms with van der Waals surface area (Å²) in [7, 11) is 4.05. The monoisotopic (exact) mass is 209 g/mol. The van der Waals surface area contributed by atoms with Crippen molar-refractivity contribution in [3.8, 4) is 0 Å². The van der Waals surface area contributed by atoms with Gasteiger partial charge in [-0.2, -0.15) is 5.10 Å². The normalized spacial score (nSPS) is 13.0. The number of hydrogen-bond donors (Lipinski definition) is 1. The Labute approximate surface area is 92.9 Å². The van der Waals surface area contributed by atoms with Gasteiger partial charge in [0, 0.05) is 18.9 Å². The Morgan fingerprint density at radius 1 is 1.47 bits per heavy atom. The lowest BCUT2D eigenvalue weighted by Crippen LogP contribution is -2.19. The second-order valence-electron chi connectivity index (χ2n) is 4.20. The second kappa shape index (κ2) is 6.62. The predicted octanol–water partition coefficient (Wildman–Crippen LogP) is 1.99. The summed E-state index contributed by atoms with van der Waals surface area (Å²) in [5, 5.41) is 7.46. The molecule has 1 rings (SSSR count). The van der Waals surface area contributed by atoms with Crippen LogP contribution in [0.4, 0.5) is 0 Å². The van der Waals surface area contributed by atoms with Gasteiger partial charge < -0.3 is 5.32 Å². The van der Waals surface area contributed by atoms with Gasteiger partial charge in [-0.3, -0.25) is 4.68 Å². The predicted molar refractivity (Wildman–Crippen MR) is 63.9 cm³/mol. The van der Waals surface area contributed by atoms with Gasteiger partial charge in [0.15, 0.2) is 0 Å². The van der Waals surface area contributed by atoms with Gasteiger partial charge in [0.1, 0.15) is 0 Å². The van der Waals surface area contributed by atoms with Crippen molar-refractivity contribution < 1.29 is 0 Å². The van der Waals surface area contributed by atoms with Crippen LogP contribution in [0.1, 0.15) is 31.9 Å². The Kier molecular flexibility index (Phi) is 5.40. The summed E-state index contributed by atoms with van der Waals surface area (Å²) in [6, 6.07) is 2.11. The van der Waals surface area contributed by atoms with E-state index in [0.717, 1.165) is 18.9 Å². The standard InChI is InChI=1S/C12H23N3/c1-4-5-11(10-13-2)6-7-12-8-9-14-15(12)3/h8-9,11,13H,4-7,10H2,1-3H3. The molecule has 0 saturated carbocycles. The van der Waals surface area contributed by atoms with Crippen molar-refractivity contribution in [2.45, 2.75) is 32.6 Å². The molecule has 1 N–H and O–H groups in total. The number of rotatable bonds is 7. The molecule has 0 spiro atoms.